The van der Waals surface area contributed by atoms with E-state index in [4.69, 9.17) is 0 Å². The van der Waals surface area contributed by atoms with Gasteiger partial charge in [0.15, 0.2) is 0 Å². The van der Waals surface area contributed by atoms with Crippen molar-refractivity contribution in [2.24, 2.45) is 0 Å². The van der Waals surface area contributed by atoms with Gasteiger partial charge in [0.05, 0.1) is 4.75 Å². The number of rotatable bonds is 2. The van der Waals surface area contributed by atoms with Crippen molar-refractivity contribution < 1.29 is 9.90 Å². The minimum atomic E-state index is -0.521. The lowest BCUT2D eigenvalue weighted by Crippen LogP contribution is -2.16. The normalized spacial score (nSPS) is 29.8. The fourth-order valence-electron chi connectivity index (χ4n) is 1.01. The van der Waals surface area contributed by atoms with Crippen LogP contribution in [0.1, 0.15) is 20.3 Å². The molecule has 1 aliphatic heterocycles. The van der Waals surface area contributed by atoms with E-state index in [1.807, 2.05) is 26.0 Å². The van der Waals surface area contributed by atoms with Crippen LogP contribution in [0.25, 0.3) is 0 Å². The molecule has 0 saturated heterocycles. The van der Waals surface area contributed by atoms with Crippen molar-refractivity contribution in [3.8, 4) is 0 Å². The molecule has 0 saturated carbocycles. The van der Waals surface area contributed by atoms with Crippen LogP contribution in [0.2, 0.25) is 0 Å². The van der Waals surface area contributed by atoms with Crippen LogP contribution in [-0.4, -0.2) is 15.0 Å². The van der Waals surface area contributed by atoms with Gasteiger partial charge in [0.1, 0.15) is 5.76 Å². The highest BCUT2D eigenvalue weighted by molar-refractivity contribution is 8.15. The van der Waals surface area contributed by atoms with Gasteiger partial charge in [0.25, 0.3) is 0 Å². The smallest absolute Gasteiger partial charge is 0.216 e. The molecule has 1 rings (SSSR count). The topological polar surface area (TPSA) is 37.3 Å². The molecule has 1 atom stereocenters. The van der Waals surface area contributed by atoms with Crippen molar-refractivity contribution in [1.29, 1.82) is 0 Å². The Bertz CT molecular complexity index is 255. The Labute approximate surface area is 76.4 Å². The molecule has 0 fully saturated rings. The monoisotopic (exact) mass is 184 g/mol. The number of aliphatic hydroxyl groups excluding tert-OH is 1. The Hall–Kier alpha value is -0.700. The summed E-state index contributed by atoms with van der Waals surface area (Å²) >= 11 is 1.15. The third-order valence-corrected chi connectivity index (χ3v) is 2.84. The second kappa shape index (κ2) is 3.35. The van der Waals surface area contributed by atoms with Gasteiger partial charge >= 0.3 is 0 Å². The average molecular weight is 184 g/mol. The van der Waals surface area contributed by atoms with Crippen LogP contribution in [0.5, 0.6) is 0 Å². The standard InChI is InChI=1S/C9H12O2S/c1-3-4-5-9(2)7(10)6-8(11)12-9/h4-6,10H,3H2,1-2H3/t9-/m0/s1. The van der Waals surface area contributed by atoms with Crippen molar-refractivity contribution in [2.45, 2.75) is 25.0 Å². The summed E-state index contributed by atoms with van der Waals surface area (Å²) in [5, 5.41) is 9.34. The molecule has 0 bridgehead atoms. The fraction of sp³-hybridized carbons (Fsp3) is 0.444. The largest absolute Gasteiger partial charge is 0.510 e. The van der Waals surface area contributed by atoms with E-state index in [1.165, 1.54) is 6.08 Å². The minimum absolute atomic E-state index is 0.0734. The maximum absolute atomic E-state index is 10.9. The van der Waals surface area contributed by atoms with Crippen molar-refractivity contribution in [3.05, 3.63) is 24.0 Å². The van der Waals surface area contributed by atoms with Crippen molar-refractivity contribution >= 4 is 16.9 Å². The van der Waals surface area contributed by atoms with Gasteiger partial charge in [-0.3, -0.25) is 4.79 Å². The SMILES string of the molecule is CCC=C[C@]1(C)SC(=O)C=C1O. The molecule has 1 aliphatic rings. The predicted octanol–water partition coefficient (Wildman–Crippen LogP) is 2.43. The highest BCUT2D eigenvalue weighted by atomic mass is 32.2. The zero-order valence-corrected chi connectivity index (χ0v) is 8.02. The van der Waals surface area contributed by atoms with E-state index in [0.717, 1.165) is 18.2 Å². The minimum Gasteiger partial charge on any atom is -0.510 e. The summed E-state index contributed by atoms with van der Waals surface area (Å²) in [5.41, 5.74) is 0. The number of carbonyl (C=O) groups excluding carboxylic acids is 1. The molecule has 0 radical (unpaired) electrons. The molecule has 2 nitrogen and oxygen atoms in total. The average Bonchev–Trinajstić information content (AvgIpc) is 2.23. The number of hydrogen-bond acceptors (Lipinski definition) is 3. The second-order valence-corrected chi connectivity index (χ2v) is 4.32. The van der Waals surface area contributed by atoms with Gasteiger partial charge in [-0.2, -0.15) is 0 Å². The van der Waals surface area contributed by atoms with Gasteiger partial charge in [-0.1, -0.05) is 30.8 Å². The third kappa shape index (κ3) is 1.72. The van der Waals surface area contributed by atoms with E-state index in [1.54, 1.807) is 0 Å². The summed E-state index contributed by atoms with van der Waals surface area (Å²) < 4.78 is -0.521. The third-order valence-electron chi connectivity index (χ3n) is 1.75. The summed E-state index contributed by atoms with van der Waals surface area (Å²) in [7, 11) is 0. The summed E-state index contributed by atoms with van der Waals surface area (Å²) in [6, 6.07) is 0. The molecule has 0 aromatic carbocycles. The van der Waals surface area contributed by atoms with Gasteiger partial charge in [-0.05, 0) is 13.3 Å². The summed E-state index contributed by atoms with van der Waals surface area (Å²) in [4.78, 5) is 10.9. The first-order valence-electron chi connectivity index (χ1n) is 3.90. The van der Waals surface area contributed by atoms with Crippen LogP contribution in [-0.2, 0) is 4.79 Å². The molecule has 0 amide bonds. The summed E-state index contributed by atoms with van der Waals surface area (Å²) in [6.45, 7) is 3.85. The van der Waals surface area contributed by atoms with Crippen LogP contribution in [0, 0.1) is 0 Å². The Kier molecular flexibility index (Phi) is 2.62. The lowest BCUT2D eigenvalue weighted by Gasteiger charge is -2.16. The van der Waals surface area contributed by atoms with E-state index in [0.29, 0.717) is 0 Å². The lowest BCUT2D eigenvalue weighted by atomic mass is 10.1. The molecular weight excluding hydrogens is 172 g/mol. The molecule has 0 aromatic heterocycles. The molecule has 0 spiro atoms. The summed E-state index contributed by atoms with van der Waals surface area (Å²) in [5.74, 6) is 0.155. The number of hydrogen-bond donors (Lipinski definition) is 1. The van der Waals surface area contributed by atoms with Gasteiger partial charge < -0.3 is 5.11 Å². The first-order valence-corrected chi connectivity index (χ1v) is 4.72. The number of allylic oxidation sites excluding steroid dienone is 1. The van der Waals surface area contributed by atoms with Gasteiger partial charge in [-0.15, -0.1) is 0 Å². The Balaban J connectivity index is 2.81. The van der Waals surface area contributed by atoms with Crippen molar-refractivity contribution in [2.75, 3.05) is 0 Å². The van der Waals surface area contributed by atoms with Crippen LogP contribution in [0.15, 0.2) is 24.0 Å². The highest BCUT2D eigenvalue weighted by Gasteiger charge is 2.35. The van der Waals surface area contributed by atoms with E-state index >= 15 is 0 Å². The van der Waals surface area contributed by atoms with Crippen LogP contribution in [0.3, 0.4) is 0 Å². The second-order valence-electron chi connectivity index (χ2n) is 2.87. The zero-order chi connectivity index (χ0) is 9.19. The number of aliphatic hydroxyl groups is 1. The Morgan fingerprint density at radius 1 is 1.75 bits per heavy atom. The Morgan fingerprint density at radius 2 is 2.42 bits per heavy atom. The van der Waals surface area contributed by atoms with Crippen molar-refractivity contribution in [3.63, 3.8) is 0 Å². The van der Waals surface area contributed by atoms with E-state index in [9.17, 15) is 9.90 Å². The van der Waals surface area contributed by atoms with Gasteiger partial charge in [0, 0.05) is 6.08 Å². The molecule has 12 heavy (non-hydrogen) atoms. The quantitative estimate of drug-likeness (QED) is 0.670. The molecular formula is C9H12O2S. The lowest BCUT2D eigenvalue weighted by molar-refractivity contribution is -0.106. The van der Waals surface area contributed by atoms with E-state index < -0.39 is 4.75 Å². The van der Waals surface area contributed by atoms with E-state index in [2.05, 4.69) is 0 Å². The zero-order valence-electron chi connectivity index (χ0n) is 7.20. The molecule has 0 unspecified atom stereocenters. The maximum atomic E-state index is 10.9. The molecule has 1 N–H and O–H groups in total. The molecule has 66 valence electrons. The predicted molar refractivity (Wildman–Crippen MR) is 51.1 cm³/mol. The Morgan fingerprint density at radius 3 is 2.83 bits per heavy atom. The van der Waals surface area contributed by atoms with Gasteiger partial charge in [0.2, 0.25) is 5.12 Å². The van der Waals surface area contributed by atoms with Gasteiger partial charge in [-0.25, -0.2) is 0 Å². The first-order chi connectivity index (χ1) is 5.58. The maximum Gasteiger partial charge on any atom is 0.216 e. The molecule has 1 heterocycles. The van der Waals surface area contributed by atoms with Crippen LogP contribution in [0.4, 0.5) is 0 Å². The fourth-order valence-corrected chi connectivity index (χ4v) is 1.92. The van der Waals surface area contributed by atoms with E-state index in [-0.39, 0.29) is 10.9 Å². The number of thioether (sulfide) groups is 1. The number of carbonyl (C=O) groups is 1. The van der Waals surface area contributed by atoms with Crippen molar-refractivity contribution in [1.82, 2.24) is 0 Å². The van der Waals surface area contributed by atoms with Crippen LogP contribution >= 0.6 is 11.8 Å². The first kappa shape index (κ1) is 9.39. The highest BCUT2D eigenvalue weighted by Crippen LogP contribution is 2.39. The molecule has 0 aliphatic carbocycles. The van der Waals surface area contributed by atoms with Crippen LogP contribution < -0.4 is 0 Å². The molecule has 0 aromatic rings. The summed E-state index contributed by atoms with van der Waals surface area (Å²) in [6.07, 6.45) is 6.02. The molecule has 3 heteroatoms.